The standard InChI is InChI=1S/C31H32N6O/c38-31(27-11-3-4-17-32-27)34-19-22-13-15-23(16-14-22)20-37(21-29-35-25-9-1-2-10-26(25)36-29)28-12-5-7-24-8-6-18-33-30(24)28/h1-4,6,8-11,13-15,17-18,23,28H,5,7,12,16,19-21H2,(H,34,38)(H,35,36). The van der Waals surface area contributed by atoms with Gasteiger partial charge in [-0.15, -0.1) is 0 Å². The van der Waals surface area contributed by atoms with Gasteiger partial charge in [0.15, 0.2) is 0 Å². The number of rotatable bonds is 8. The average molecular weight is 505 g/mol. The molecule has 3 aromatic heterocycles. The summed E-state index contributed by atoms with van der Waals surface area (Å²) < 4.78 is 0. The van der Waals surface area contributed by atoms with Gasteiger partial charge >= 0.3 is 0 Å². The summed E-state index contributed by atoms with van der Waals surface area (Å²) >= 11 is 0. The van der Waals surface area contributed by atoms with Gasteiger partial charge in [-0.3, -0.25) is 19.7 Å². The quantitative estimate of drug-likeness (QED) is 0.346. The van der Waals surface area contributed by atoms with Gasteiger partial charge in [-0.25, -0.2) is 4.98 Å². The number of fused-ring (bicyclic) bond motifs is 2. The summed E-state index contributed by atoms with van der Waals surface area (Å²) in [5.74, 6) is 1.22. The lowest BCUT2D eigenvalue weighted by Gasteiger charge is -2.36. The molecule has 2 aliphatic carbocycles. The lowest BCUT2D eigenvalue weighted by atomic mass is 9.89. The van der Waals surface area contributed by atoms with E-state index in [0.717, 1.165) is 54.8 Å². The number of aromatic nitrogens is 4. The first-order chi connectivity index (χ1) is 18.7. The summed E-state index contributed by atoms with van der Waals surface area (Å²) in [6.45, 7) is 2.16. The zero-order valence-corrected chi connectivity index (χ0v) is 21.4. The monoisotopic (exact) mass is 504 g/mol. The Labute approximate surface area is 222 Å². The summed E-state index contributed by atoms with van der Waals surface area (Å²) in [6, 6.07) is 18.1. The fourth-order valence-electron chi connectivity index (χ4n) is 5.56. The van der Waals surface area contributed by atoms with Crippen LogP contribution in [0.25, 0.3) is 11.0 Å². The van der Waals surface area contributed by atoms with Crippen LogP contribution in [0.15, 0.2) is 90.8 Å². The highest BCUT2D eigenvalue weighted by Gasteiger charge is 2.29. The average Bonchev–Trinajstić information content (AvgIpc) is 3.39. The fourth-order valence-corrected chi connectivity index (χ4v) is 5.56. The molecule has 4 aromatic rings. The third kappa shape index (κ3) is 5.43. The Kier molecular flexibility index (Phi) is 7.09. The minimum Gasteiger partial charge on any atom is -0.347 e. The van der Waals surface area contributed by atoms with Crippen molar-refractivity contribution in [2.45, 2.75) is 38.3 Å². The molecule has 0 aliphatic heterocycles. The van der Waals surface area contributed by atoms with Crippen LogP contribution < -0.4 is 5.32 Å². The van der Waals surface area contributed by atoms with Crippen molar-refractivity contribution < 1.29 is 4.79 Å². The number of hydrogen-bond donors (Lipinski definition) is 2. The summed E-state index contributed by atoms with van der Waals surface area (Å²) in [5.41, 5.74) is 6.21. The van der Waals surface area contributed by atoms with Crippen molar-refractivity contribution in [1.29, 1.82) is 0 Å². The number of H-pyrrole nitrogens is 1. The molecule has 0 fully saturated rings. The van der Waals surface area contributed by atoms with E-state index in [1.807, 2.05) is 36.5 Å². The molecule has 1 amide bonds. The van der Waals surface area contributed by atoms with Crippen molar-refractivity contribution in [2.24, 2.45) is 5.92 Å². The highest BCUT2D eigenvalue weighted by Crippen LogP contribution is 2.35. The van der Waals surface area contributed by atoms with E-state index in [4.69, 9.17) is 9.97 Å². The maximum atomic E-state index is 12.4. The number of benzene rings is 1. The number of aryl methyl sites for hydroxylation is 1. The second kappa shape index (κ2) is 11.1. The van der Waals surface area contributed by atoms with Crippen LogP contribution in [0.5, 0.6) is 0 Å². The topological polar surface area (TPSA) is 86.8 Å². The third-order valence-electron chi connectivity index (χ3n) is 7.48. The van der Waals surface area contributed by atoms with E-state index in [-0.39, 0.29) is 11.9 Å². The molecule has 38 heavy (non-hydrogen) atoms. The van der Waals surface area contributed by atoms with Crippen molar-refractivity contribution in [2.75, 3.05) is 13.1 Å². The largest absolute Gasteiger partial charge is 0.347 e. The lowest BCUT2D eigenvalue weighted by Crippen LogP contribution is -2.36. The van der Waals surface area contributed by atoms with Crippen molar-refractivity contribution in [3.8, 4) is 0 Å². The predicted molar refractivity (Wildman–Crippen MR) is 148 cm³/mol. The number of nitrogens with one attached hydrogen (secondary N) is 2. The van der Waals surface area contributed by atoms with Gasteiger partial charge in [0.2, 0.25) is 0 Å². The van der Waals surface area contributed by atoms with Crippen molar-refractivity contribution >= 4 is 16.9 Å². The Morgan fingerprint density at radius 1 is 1.05 bits per heavy atom. The molecule has 1 aromatic carbocycles. The molecule has 0 saturated carbocycles. The SMILES string of the molecule is O=C(NCC1=CCC(CN(Cc2nc3ccccc3[nH]2)C2CCCc3cccnc32)C=C1)c1ccccn1. The van der Waals surface area contributed by atoms with Gasteiger partial charge in [0.25, 0.3) is 5.91 Å². The Hall–Kier alpha value is -4.10. The van der Waals surface area contributed by atoms with Gasteiger partial charge < -0.3 is 10.3 Å². The maximum Gasteiger partial charge on any atom is 0.270 e. The highest BCUT2D eigenvalue weighted by molar-refractivity contribution is 5.92. The first-order valence-electron chi connectivity index (χ1n) is 13.4. The van der Waals surface area contributed by atoms with E-state index in [9.17, 15) is 4.79 Å². The third-order valence-corrected chi connectivity index (χ3v) is 7.48. The number of carbonyl (C=O) groups excluding carboxylic acids is 1. The molecule has 192 valence electrons. The van der Waals surface area contributed by atoms with E-state index < -0.39 is 0 Å². The molecule has 0 spiro atoms. The minimum absolute atomic E-state index is 0.150. The fraction of sp³-hybridized carbons (Fsp3) is 0.290. The van der Waals surface area contributed by atoms with E-state index in [1.54, 1.807) is 12.3 Å². The van der Waals surface area contributed by atoms with Crippen LogP contribution in [0.2, 0.25) is 0 Å². The zero-order chi connectivity index (χ0) is 25.7. The van der Waals surface area contributed by atoms with Gasteiger partial charge in [0, 0.05) is 25.5 Å². The van der Waals surface area contributed by atoms with E-state index in [1.165, 1.54) is 17.7 Å². The van der Waals surface area contributed by atoms with Crippen LogP contribution in [-0.4, -0.2) is 43.8 Å². The number of hydrogen-bond acceptors (Lipinski definition) is 5. The predicted octanol–water partition coefficient (Wildman–Crippen LogP) is 5.17. The molecule has 2 atom stereocenters. The summed E-state index contributed by atoms with van der Waals surface area (Å²) in [6.07, 6.45) is 14.5. The van der Waals surface area contributed by atoms with Crippen molar-refractivity contribution in [3.05, 3.63) is 114 Å². The van der Waals surface area contributed by atoms with E-state index >= 15 is 0 Å². The number of imidazole rings is 1. The number of nitrogens with zero attached hydrogens (tertiary/aromatic N) is 4. The molecule has 2 unspecified atom stereocenters. The first-order valence-corrected chi connectivity index (χ1v) is 13.4. The number of aromatic amines is 1. The van der Waals surface area contributed by atoms with Gasteiger partial charge in [-0.2, -0.15) is 0 Å². The number of amides is 1. The van der Waals surface area contributed by atoms with Gasteiger partial charge in [-0.1, -0.05) is 42.5 Å². The molecule has 7 nitrogen and oxygen atoms in total. The van der Waals surface area contributed by atoms with Gasteiger partial charge in [-0.05, 0) is 73.1 Å². The molecule has 7 heteroatoms. The molecular formula is C31H32N6O. The zero-order valence-electron chi connectivity index (χ0n) is 21.4. The van der Waals surface area contributed by atoms with Crippen molar-refractivity contribution in [1.82, 2.24) is 30.2 Å². The summed E-state index contributed by atoms with van der Waals surface area (Å²) in [7, 11) is 0. The Morgan fingerprint density at radius 2 is 1.95 bits per heavy atom. The van der Waals surface area contributed by atoms with E-state index in [0.29, 0.717) is 18.2 Å². The lowest BCUT2D eigenvalue weighted by molar-refractivity contribution is 0.0952. The number of pyridine rings is 2. The minimum atomic E-state index is -0.150. The van der Waals surface area contributed by atoms with Crippen molar-refractivity contribution in [3.63, 3.8) is 0 Å². The van der Waals surface area contributed by atoms with Crippen LogP contribution in [0.1, 0.15) is 52.9 Å². The molecule has 0 bridgehead atoms. The first kappa shape index (κ1) is 24.2. The van der Waals surface area contributed by atoms with Crippen LogP contribution >= 0.6 is 0 Å². The van der Waals surface area contributed by atoms with Gasteiger partial charge in [0.1, 0.15) is 11.5 Å². The number of allylic oxidation sites excluding steroid dienone is 1. The number of carbonyl (C=O) groups is 1. The normalized spacial score (nSPS) is 18.8. The second-order valence-corrected chi connectivity index (χ2v) is 10.1. The summed E-state index contributed by atoms with van der Waals surface area (Å²) in [4.78, 5) is 32.3. The Bertz CT molecular complexity index is 1440. The second-order valence-electron chi connectivity index (χ2n) is 10.1. The smallest absolute Gasteiger partial charge is 0.270 e. The molecule has 3 heterocycles. The van der Waals surface area contributed by atoms with Gasteiger partial charge in [0.05, 0.1) is 29.3 Å². The molecule has 6 rings (SSSR count). The van der Waals surface area contributed by atoms with Crippen LogP contribution in [0.4, 0.5) is 0 Å². The molecule has 0 radical (unpaired) electrons. The van der Waals surface area contributed by atoms with Crippen LogP contribution in [0, 0.1) is 5.92 Å². The molecule has 0 saturated heterocycles. The molecule has 2 N–H and O–H groups in total. The number of para-hydroxylation sites is 2. The Balaban J connectivity index is 1.16. The molecular weight excluding hydrogens is 472 g/mol. The maximum absolute atomic E-state index is 12.4. The molecule has 2 aliphatic rings. The Morgan fingerprint density at radius 3 is 2.79 bits per heavy atom. The van der Waals surface area contributed by atoms with E-state index in [2.05, 4.69) is 56.6 Å². The van der Waals surface area contributed by atoms with Crippen LogP contribution in [-0.2, 0) is 13.0 Å². The highest BCUT2D eigenvalue weighted by atomic mass is 16.1. The summed E-state index contributed by atoms with van der Waals surface area (Å²) in [5, 5.41) is 2.98. The van der Waals surface area contributed by atoms with Crippen LogP contribution in [0.3, 0.4) is 0 Å².